The molecule has 6 aromatic carbocycles. The monoisotopic (exact) mass is 706 g/mol. The predicted molar refractivity (Wildman–Crippen MR) is 233 cm³/mol. The van der Waals surface area contributed by atoms with Crippen LogP contribution < -0.4 is 9.80 Å². The molecule has 0 fully saturated rings. The van der Waals surface area contributed by atoms with E-state index in [1.807, 2.05) is 0 Å². The van der Waals surface area contributed by atoms with Crippen LogP contribution in [0.25, 0.3) is 16.7 Å². The lowest BCUT2D eigenvalue weighted by atomic mass is 9.87. The van der Waals surface area contributed by atoms with Crippen LogP contribution in [0.2, 0.25) is 0 Å². The fourth-order valence-corrected chi connectivity index (χ4v) is 7.91. The summed E-state index contributed by atoms with van der Waals surface area (Å²) in [5, 5.41) is 0. The molecule has 54 heavy (non-hydrogen) atoms. The average Bonchev–Trinajstić information content (AvgIpc) is 3.22. The highest BCUT2D eigenvalue weighted by atomic mass is 15.4. The number of benzene rings is 6. The standard InChI is InChI=1S/C52H54N2/c1-5-7-18-42-24-32-48(33-25-42)53(50-22-14-12-16-40(50)3)52(38-36-47(37-39-52)46-30-28-45(29-31-46)44-20-10-9-11-21-44)54(51-23-15-13-17-41(51)4)49-34-26-43(27-35-49)19-8-6-2/h9-17,20-38H,5-8,18-19,39H2,1-4H3. The predicted octanol–water partition coefficient (Wildman–Crippen LogP) is 14.4. The molecule has 0 spiro atoms. The molecule has 272 valence electrons. The lowest BCUT2D eigenvalue weighted by Gasteiger charge is -2.53. The van der Waals surface area contributed by atoms with E-state index in [9.17, 15) is 0 Å². The molecule has 0 radical (unpaired) electrons. The normalized spacial score (nSPS) is 13.4. The van der Waals surface area contributed by atoms with E-state index >= 15 is 0 Å². The number of allylic oxidation sites excluding steroid dienone is 2. The first-order valence-corrected chi connectivity index (χ1v) is 20.0. The van der Waals surface area contributed by atoms with Gasteiger partial charge in [0.05, 0.1) is 0 Å². The van der Waals surface area contributed by atoms with Gasteiger partial charge in [-0.2, -0.15) is 0 Å². The van der Waals surface area contributed by atoms with E-state index in [2.05, 4.69) is 207 Å². The Bertz CT molecular complexity index is 2070. The number of hydrogen-bond donors (Lipinski definition) is 0. The van der Waals surface area contributed by atoms with Crippen LogP contribution in [0.1, 0.15) is 73.8 Å². The quantitative estimate of drug-likeness (QED) is 0.104. The molecule has 1 aliphatic rings. The molecular weight excluding hydrogens is 653 g/mol. The van der Waals surface area contributed by atoms with Crippen molar-refractivity contribution < 1.29 is 0 Å². The summed E-state index contributed by atoms with van der Waals surface area (Å²) in [6, 6.07) is 56.2. The zero-order valence-corrected chi connectivity index (χ0v) is 32.5. The van der Waals surface area contributed by atoms with Gasteiger partial charge in [0.25, 0.3) is 0 Å². The number of hydrogen-bond acceptors (Lipinski definition) is 2. The molecular formula is C52H54N2. The minimum atomic E-state index is -0.623. The van der Waals surface area contributed by atoms with Crippen molar-refractivity contribution in [3.63, 3.8) is 0 Å². The van der Waals surface area contributed by atoms with E-state index < -0.39 is 5.66 Å². The molecule has 0 saturated heterocycles. The summed E-state index contributed by atoms with van der Waals surface area (Å²) < 4.78 is 0. The van der Waals surface area contributed by atoms with Gasteiger partial charge in [0.1, 0.15) is 5.66 Å². The summed E-state index contributed by atoms with van der Waals surface area (Å²) in [6.45, 7) is 9.02. The van der Waals surface area contributed by atoms with Gasteiger partial charge in [-0.1, -0.05) is 154 Å². The maximum absolute atomic E-state index is 2.60. The summed E-state index contributed by atoms with van der Waals surface area (Å²) in [6.07, 6.45) is 15.0. The van der Waals surface area contributed by atoms with Gasteiger partial charge in [0.2, 0.25) is 0 Å². The second kappa shape index (κ2) is 17.0. The third-order valence-corrected chi connectivity index (χ3v) is 11.0. The Hall–Kier alpha value is -5.60. The van der Waals surface area contributed by atoms with Gasteiger partial charge in [-0.25, -0.2) is 0 Å². The van der Waals surface area contributed by atoms with E-state index in [-0.39, 0.29) is 0 Å². The van der Waals surface area contributed by atoms with Crippen LogP contribution in [-0.4, -0.2) is 5.66 Å². The lowest BCUT2D eigenvalue weighted by molar-refractivity contribution is 0.524. The highest BCUT2D eigenvalue weighted by molar-refractivity contribution is 5.83. The van der Waals surface area contributed by atoms with Crippen molar-refractivity contribution in [2.45, 2.75) is 78.3 Å². The summed E-state index contributed by atoms with van der Waals surface area (Å²) in [4.78, 5) is 5.21. The molecule has 7 rings (SSSR count). The molecule has 0 aromatic heterocycles. The number of para-hydroxylation sites is 2. The van der Waals surface area contributed by atoms with Crippen LogP contribution in [0.15, 0.2) is 170 Å². The molecule has 2 heteroatoms. The SMILES string of the molecule is CCCCc1ccc(N(c2ccccc2C)C2(N(c3ccc(CCCC)cc3)c3ccccc3C)C=CC(c3ccc(-c4ccccc4)cc3)=CC2)cc1. The second-order valence-corrected chi connectivity index (χ2v) is 14.8. The number of anilines is 4. The Morgan fingerprint density at radius 2 is 0.926 bits per heavy atom. The molecule has 6 aromatic rings. The zero-order valence-electron chi connectivity index (χ0n) is 32.5. The maximum Gasteiger partial charge on any atom is 0.145 e. The molecule has 2 nitrogen and oxygen atoms in total. The lowest BCUT2D eigenvalue weighted by Crippen LogP contribution is -2.57. The van der Waals surface area contributed by atoms with Gasteiger partial charge >= 0.3 is 0 Å². The minimum Gasteiger partial charge on any atom is -0.314 e. The molecule has 0 bridgehead atoms. The average molecular weight is 707 g/mol. The van der Waals surface area contributed by atoms with E-state index in [0.29, 0.717) is 0 Å². The van der Waals surface area contributed by atoms with Crippen LogP contribution in [0.4, 0.5) is 22.7 Å². The molecule has 0 aliphatic heterocycles. The van der Waals surface area contributed by atoms with Crippen LogP contribution in [0.3, 0.4) is 0 Å². The largest absolute Gasteiger partial charge is 0.314 e. The van der Waals surface area contributed by atoms with Crippen molar-refractivity contribution in [3.05, 3.63) is 198 Å². The van der Waals surface area contributed by atoms with E-state index in [1.54, 1.807) is 0 Å². The summed E-state index contributed by atoms with van der Waals surface area (Å²) >= 11 is 0. The van der Waals surface area contributed by atoms with Crippen LogP contribution >= 0.6 is 0 Å². The highest BCUT2D eigenvalue weighted by Crippen LogP contribution is 2.48. The summed E-state index contributed by atoms with van der Waals surface area (Å²) in [5.41, 5.74) is 14.3. The van der Waals surface area contributed by atoms with Gasteiger partial charge in [-0.3, -0.25) is 0 Å². The number of unbranched alkanes of at least 4 members (excludes halogenated alkanes) is 2. The van der Waals surface area contributed by atoms with Crippen molar-refractivity contribution in [1.82, 2.24) is 0 Å². The highest BCUT2D eigenvalue weighted by Gasteiger charge is 2.44. The first kappa shape index (κ1) is 36.7. The first-order chi connectivity index (χ1) is 26.5. The number of nitrogens with zero attached hydrogens (tertiary/aromatic N) is 2. The topological polar surface area (TPSA) is 6.48 Å². The first-order valence-electron chi connectivity index (χ1n) is 20.0. The smallest absolute Gasteiger partial charge is 0.145 e. The fourth-order valence-electron chi connectivity index (χ4n) is 7.91. The molecule has 0 unspecified atom stereocenters. The van der Waals surface area contributed by atoms with E-state index in [1.165, 1.54) is 93.0 Å². The maximum atomic E-state index is 2.60. The molecule has 0 heterocycles. The Balaban J connectivity index is 1.41. The van der Waals surface area contributed by atoms with Crippen molar-refractivity contribution >= 4 is 28.3 Å². The Labute approximate surface area is 324 Å². The summed E-state index contributed by atoms with van der Waals surface area (Å²) in [7, 11) is 0. The third-order valence-electron chi connectivity index (χ3n) is 11.0. The molecule has 0 atom stereocenters. The minimum absolute atomic E-state index is 0.623. The van der Waals surface area contributed by atoms with Gasteiger partial charge in [-0.05, 0) is 127 Å². The Morgan fingerprint density at radius 1 is 0.481 bits per heavy atom. The number of aryl methyl sites for hydroxylation is 4. The van der Waals surface area contributed by atoms with Crippen molar-refractivity contribution in [3.8, 4) is 11.1 Å². The van der Waals surface area contributed by atoms with Crippen LogP contribution in [-0.2, 0) is 12.8 Å². The second-order valence-electron chi connectivity index (χ2n) is 14.8. The zero-order chi connectivity index (χ0) is 37.3. The van der Waals surface area contributed by atoms with Crippen molar-refractivity contribution in [2.24, 2.45) is 0 Å². The van der Waals surface area contributed by atoms with E-state index in [0.717, 1.165) is 19.3 Å². The van der Waals surface area contributed by atoms with Crippen LogP contribution in [0.5, 0.6) is 0 Å². The molecule has 0 amide bonds. The van der Waals surface area contributed by atoms with Crippen molar-refractivity contribution in [1.29, 1.82) is 0 Å². The Kier molecular flexibility index (Phi) is 11.6. The molecule has 1 aliphatic carbocycles. The fraction of sp³-hybridized carbons (Fsp3) is 0.231. The van der Waals surface area contributed by atoms with Gasteiger partial charge in [0.15, 0.2) is 0 Å². The van der Waals surface area contributed by atoms with Gasteiger partial charge in [0, 0.05) is 29.2 Å². The third kappa shape index (κ3) is 7.85. The van der Waals surface area contributed by atoms with Crippen LogP contribution in [0, 0.1) is 13.8 Å². The van der Waals surface area contributed by atoms with E-state index in [4.69, 9.17) is 0 Å². The van der Waals surface area contributed by atoms with Crippen molar-refractivity contribution in [2.75, 3.05) is 9.80 Å². The molecule has 0 N–H and O–H groups in total. The summed E-state index contributed by atoms with van der Waals surface area (Å²) in [5.74, 6) is 0. The number of rotatable bonds is 14. The molecule has 0 saturated carbocycles. The van der Waals surface area contributed by atoms with Gasteiger partial charge < -0.3 is 9.80 Å². The Morgan fingerprint density at radius 3 is 1.37 bits per heavy atom. The van der Waals surface area contributed by atoms with Gasteiger partial charge in [-0.15, -0.1) is 0 Å².